The smallest absolute Gasteiger partial charge is 0.285 e. The number of ether oxygens (including phenoxy) is 3. The first-order valence-corrected chi connectivity index (χ1v) is 10.7. The molecule has 0 aliphatic carbocycles. The number of nitrogens with one attached hydrogen (secondary N) is 1. The number of benzene rings is 2. The van der Waals surface area contributed by atoms with Gasteiger partial charge in [0, 0.05) is 17.8 Å². The van der Waals surface area contributed by atoms with Gasteiger partial charge in [0.25, 0.3) is 10.0 Å². The van der Waals surface area contributed by atoms with Crippen molar-refractivity contribution in [2.24, 2.45) is 15.9 Å². The average Bonchev–Trinajstić information content (AvgIpc) is 3.16. The Morgan fingerprint density at radius 1 is 1.27 bits per heavy atom. The van der Waals surface area contributed by atoms with E-state index in [1.54, 1.807) is 19.2 Å². The standard InChI is InChI=1S/C19H23N5O5S/c1-24-8-7-11-9-14-16(29-10-28-14)17(27-2)15(11)18(24)22-12-3-5-13(6-4-12)30(25,26)23-19(20)21/h3-6,9,18,22H,7-8,10H2,1-2H3,(H4,20,21,23). The van der Waals surface area contributed by atoms with E-state index in [0.717, 1.165) is 29.8 Å². The molecule has 2 aromatic carbocycles. The van der Waals surface area contributed by atoms with Crippen molar-refractivity contribution >= 4 is 21.7 Å². The molecule has 1 atom stereocenters. The van der Waals surface area contributed by atoms with Crippen LogP contribution in [0, 0.1) is 0 Å². The largest absolute Gasteiger partial charge is 0.492 e. The molecule has 0 spiro atoms. The summed E-state index contributed by atoms with van der Waals surface area (Å²) in [6, 6.07) is 8.22. The summed E-state index contributed by atoms with van der Waals surface area (Å²) in [7, 11) is -0.331. The molecule has 10 nitrogen and oxygen atoms in total. The fourth-order valence-electron chi connectivity index (χ4n) is 3.69. The maximum atomic E-state index is 12.1. The van der Waals surface area contributed by atoms with Gasteiger partial charge in [-0.15, -0.1) is 4.40 Å². The number of anilines is 1. The highest BCUT2D eigenvalue weighted by atomic mass is 32.2. The molecule has 11 heteroatoms. The van der Waals surface area contributed by atoms with Crippen LogP contribution in [0.1, 0.15) is 17.3 Å². The van der Waals surface area contributed by atoms with E-state index in [4.69, 9.17) is 25.7 Å². The summed E-state index contributed by atoms with van der Waals surface area (Å²) >= 11 is 0. The summed E-state index contributed by atoms with van der Waals surface area (Å²) < 4.78 is 44.4. The Labute approximate surface area is 174 Å². The minimum atomic E-state index is -3.94. The van der Waals surface area contributed by atoms with E-state index in [0.29, 0.717) is 17.2 Å². The monoisotopic (exact) mass is 433 g/mol. The number of guanidine groups is 1. The highest BCUT2D eigenvalue weighted by molar-refractivity contribution is 7.90. The summed E-state index contributed by atoms with van der Waals surface area (Å²) in [5, 5.41) is 3.44. The Kier molecular flexibility index (Phi) is 5.08. The second-order valence-corrected chi connectivity index (χ2v) is 8.61. The maximum absolute atomic E-state index is 12.1. The molecule has 0 radical (unpaired) electrons. The quantitative estimate of drug-likeness (QED) is 0.465. The molecular weight excluding hydrogens is 410 g/mol. The lowest BCUT2D eigenvalue weighted by molar-refractivity contribution is 0.170. The van der Waals surface area contributed by atoms with Crippen molar-refractivity contribution < 1.29 is 22.6 Å². The van der Waals surface area contributed by atoms with Crippen molar-refractivity contribution in [3.05, 3.63) is 41.5 Å². The van der Waals surface area contributed by atoms with Crippen LogP contribution in [0.2, 0.25) is 0 Å². The normalized spacial score (nSPS) is 17.9. The van der Waals surface area contributed by atoms with Gasteiger partial charge in [0.15, 0.2) is 11.5 Å². The third kappa shape index (κ3) is 3.57. The molecule has 2 aliphatic rings. The molecule has 0 aromatic heterocycles. The van der Waals surface area contributed by atoms with Gasteiger partial charge in [-0.2, -0.15) is 8.42 Å². The van der Waals surface area contributed by atoms with E-state index >= 15 is 0 Å². The van der Waals surface area contributed by atoms with Crippen molar-refractivity contribution in [1.29, 1.82) is 0 Å². The third-order valence-corrected chi connectivity index (χ3v) is 6.40. The average molecular weight is 433 g/mol. The maximum Gasteiger partial charge on any atom is 0.285 e. The molecule has 0 bridgehead atoms. The second-order valence-electron chi connectivity index (χ2n) is 7.01. The molecule has 2 aromatic rings. The molecule has 0 fully saturated rings. The summed E-state index contributed by atoms with van der Waals surface area (Å²) in [6.45, 7) is 0.985. The van der Waals surface area contributed by atoms with E-state index in [1.807, 2.05) is 13.1 Å². The molecule has 2 aliphatic heterocycles. The third-order valence-electron chi connectivity index (χ3n) is 5.08. The number of rotatable bonds is 5. The molecular formula is C19H23N5O5S. The highest BCUT2D eigenvalue weighted by Gasteiger charge is 2.34. The van der Waals surface area contributed by atoms with Crippen LogP contribution in [0.15, 0.2) is 39.6 Å². The minimum Gasteiger partial charge on any atom is -0.492 e. The van der Waals surface area contributed by atoms with Crippen LogP contribution in [0.5, 0.6) is 17.2 Å². The Hall–Kier alpha value is -3.18. The first-order chi connectivity index (χ1) is 14.3. The van der Waals surface area contributed by atoms with Gasteiger partial charge < -0.3 is 31.0 Å². The van der Waals surface area contributed by atoms with Gasteiger partial charge in [-0.1, -0.05) is 0 Å². The van der Waals surface area contributed by atoms with Crippen molar-refractivity contribution in [3.8, 4) is 17.2 Å². The van der Waals surface area contributed by atoms with E-state index in [9.17, 15) is 8.42 Å². The molecule has 0 saturated heterocycles. The van der Waals surface area contributed by atoms with E-state index in [-0.39, 0.29) is 17.9 Å². The number of hydrogen-bond acceptors (Lipinski definition) is 7. The predicted octanol–water partition coefficient (Wildman–Crippen LogP) is 0.985. The predicted molar refractivity (Wildman–Crippen MR) is 111 cm³/mol. The highest BCUT2D eigenvalue weighted by Crippen LogP contribution is 2.49. The van der Waals surface area contributed by atoms with Gasteiger partial charge in [-0.3, -0.25) is 4.90 Å². The van der Waals surface area contributed by atoms with Gasteiger partial charge in [0.2, 0.25) is 18.5 Å². The Balaban J connectivity index is 1.67. The van der Waals surface area contributed by atoms with Crippen LogP contribution >= 0.6 is 0 Å². The van der Waals surface area contributed by atoms with E-state index < -0.39 is 16.0 Å². The Morgan fingerprint density at radius 2 is 2.00 bits per heavy atom. The summed E-state index contributed by atoms with van der Waals surface area (Å²) in [4.78, 5) is 2.15. The van der Waals surface area contributed by atoms with Crippen molar-refractivity contribution in [3.63, 3.8) is 0 Å². The molecule has 160 valence electrons. The number of likely N-dealkylation sites (N-methyl/N-ethyl adjacent to an activating group) is 1. The van der Waals surface area contributed by atoms with Crippen molar-refractivity contribution in [1.82, 2.24) is 4.90 Å². The number of hydrogen-bond donors (Lipinski definition) is 3. The second kappa shape index (κ2) is 7.58. The molecule has 5 N–H and O–H groups in total. The van der Waals surface area contributed by atoms with Gasteiger partial charge in [0.05, 0.1) is 12.0 Å². The van der Waals surface area contributed by atoms with Gasteiger partial charge in [-0.25, -0.2) is 0 Å². The van der Waals surface area contributed by atoms with Crippen LogP contribution in [-0.2, 0) is 16.4 Å². The zero-order valence-electron chi connectivity index (χ0n) is 16.6. The fraction of sp³-hybridized carbons (Fsp3) is 0.316. The number of fused-ring (bicyclic) bond motifs is 2. The topological polar surface area (TPSA) is 141 Å². The van der Waals surface area contributed by atoms with Crippen LogP contribution in [-0.4, -0.2) is 46.8 Å². The van der Waals surface area contributed by atoms with E-state index in [1.165, 1.54) is 12.1 Å². The van der Waals surface area contributed by atoms with Crippen molar-refractivity contribution in [2.45, 2.75) is 17.5 Å². The molecule has 2 heterocycles. The minimum absolute atomic E-state index is 0.000187. The zero-order valence-corrected chi connectivity index (χ0v) is 17.4. The summed E-state index contributed by atoms with van der Waals surface area (Å²) in [5.41, 5.74) is 13.2. The Bertz CT molecular complexity index is 1100. The van der Waals surface area contributed by atoms with Gasteiger partial charge in [0.1, 0.15) is 6.17 Å². The van der Waals surface area contributed by atoms with Gasteiger partial charge >= 0.3 is 0 Å². The van der Waals surface area contributed by atoms with Crippen LogP contribution in [0.4, 0.5) is 5.69 Å². The lowest BCUT2D eigenvalue weighted by Gasteiger charge is -2.36. The molecule has 30 heavy (non-hydrogen) atoms. The molecule has 0 saturated carbocycles. The first kappa shape index (κ1) is 20.1. The fourth-order valence-corrected chi connectivity index (χ4v) is 4.55. The lowest BCUT2D eigenvalue weighted by atomic mass is 9.94. The number of nitrogens with zero attached hydrogens (tertiary/aromatic N) is 2. The van der Waals surface area contributed by atoms with Crippen LogP contribution in [0.25, 0.3) is 0 Å². The van der Waals surface area contributed by atoms with Gasteiger partial charge in [-0.05, 0) is 49.4 Å². The van der Waals surface area contributed by atoms with Crippen LogP contribution < -0.4 is 31.0 Å². The zero-order chi connectivity index (χ0) is 21.5. The van der Waals surface area contributed by atoms with E-state index in [2.05, 4.69) is 14.6 Å². The molecule has 0 amide bonds. The number of methoxy groups -OCH3 is 1. The lowest BCUT2D eigenvalue weighted by Crippen LogP contribution is -2.37. The number of nitrogens with two attached hydrogens (primary N) is 2. The number of sulfonamides is 1. The van der Waals surface area contributed by atoms with Crippen LogP contribution in [0.3, 0.4) is 0 Å². The Morgan fingerprint density at radius 3 is 2.67 bits per heavy atom. The van der Waals surface area contributed by atoms with Crippen molar-refractivity contribution in [2.75, 3.05) is 32.8 Å². The summed E-state index contributed by atoms with van der Waals surface area (Å²) in [5.74, 6) is 1.40. The molecule has 1 unspecified atom stereocenters. The summed E-state index contributed by atoms with van der Waals surface area (Å²) in [6.07, 6.45) is 0.630. The first-order valence-electron chi connectivity index (χ1n) is 9.22. The SMILES string of the molecule is COc1c2c(cc3c1C(Nc1ccc(S(=O)(=O)N=C(N)N)cc1)N(C)CC3)OCO2. The molecule has 4 rings (SSSR count).